The van der Waals surface area contributed by atoms with Crippen LogP contribution >= 0.6 is 0 Å². The van der Waals surface area contributed by atoms with Gasteiger partial charge in [0.2, 0.25) is 11.2 Å². The van der Waals surface area contributed by atoms with Gasteiger partial charge in [-0.15, -0.1) is 0 Å². The van der Waals surface area contributed by atoms with Crippen molar-refractivity contribution in [3.8, 4) is 16.8 Å². The first-order valence-electron chi connectivity index (χ1n) is 12.2. The van der Waals surface area contributed by atoms with Gasteiger partial charge in [0, 0.05) is 52.8 Å². The van der Waals surface area contributed by atoms with E-state index in [-0.39, 0.29) is 5.41 Å². The Balaban J connectivity index is 1.61. The van der Waals surface area contributed by atoms with Crippen LogP contribution in [-0.4, -0.2) is 0 Å². The quantitative estimate of drug-likeness (QED) is 0.232. The number of hydrogen-bond acceptors (Lipinski definition) is 0. The lowest BCUT2D eigenvalue weighted by Crippen LogP contribution is -2.36. The molecule has 0 saturated heterocycles. The number of nitrogens with zero attached hydrogens (tertiary/aromatic N) is 2. The van der Waals surface area contributed by atoms with Gasteiger partial charge in [0.15, 0.2) is 18.6 Å². The van der Waals surface area contributed by atoms with Crippen LogP contribution in [0.4, 0.5) is 0 Å². The Bertz CT molecular complexity index is 1250. The van der Waals surface area contributed by atoms with Crippen LogP contribution in [0.3, 0.4) is 0 Å². The van der Waals surface area contributed by atoms with Crippen molar-refractivity contribution in [2.24, 2.45) is 0 Å². The third-order valence-electron chi connectivity index (χ3n) is 7.17. The highest BCUT2D eigenvalue weighted by Gasteiger charge is 2.41. The van der Waals surface area contributed by atoms with E-state index in [1.807, 2.05) is 0 Å². The van der Waals surface area contributed by atoms with Gasteiger partial charge in [-0.3, -0.25) is 0 Å². The number of rotatable bonds is 7. The van der Waals surface area contributed by atoms with E-state index in [4.69, 9.17) is 0 Å². The SMILES string of the molecule is CCCCCCC[n+]1cc2c(c3ccccc31)-c1cc[n+](-c3ccccc3)cc1C2(C)C. The molecule has 0 atom stereocenters. The highest BCUT2D eigenvalue weighted by molar-refractivity contribution is 5.98. The molecular weight excluding hydrogens is 388 g/mol. The first-order chi connectivity index (χ1) is 15.6. The summed E-state index contributed by atoms with van der Waals surface area (Å²) in [6.07, 6.45) is 13.5. The fourth-order valence-corrected chi connectivity index (χ4v) is 5.32. The van der Waals surface area contributed by atoms with E-state index in [1.54, 1.807) is 0 Å². The molecular formula is C30H34N2+2. The maximum Gasteiger partial charge on any atom is 0.213 e. The molecule has 0 unspecified atom stereocenters. The van der Waals surface area contributed by atoms with E-state index in [0.29, 0.717) is 0 Å². The van der Waals surface area contributed by atoms with E-state index >= 15 is 0 Å². The van der Waals surface area contributed by atoms with Crippen LogP contribution in [0.25, 0.3) is 27.7 Å². The van der Waals surface area contributed by atoms with Crippen molar-refractivity contribution in [2.45, 2.75) is 64.8 Å². The zero-order valence-electron chi connectivity index (χ0n) is 19.6. The summed E-state index contributed by atoms with van der Waals surface area (Å²) in [4.78, 5) is 0. The number of fused-ring (bicyclic) bond motifs is 5. The number of aromatic nitrogens is 2. The highest BCUT2D eigenvalue weighted by Crippen LogP contribution is 2.49. The second-order valence-electron chi connectivity index (χ2n) is 9.68. The minimum absolute atomic E-state index is 0.0313. The normalized spacial score (nSPS) is 13.8. The molecule has 0 bridgehead atoms. The molecule has 1 aliphatic carbocycles. The monoisotopic (exact) mass is 422 g/mol. The predicted molar refractivity (Wildman–Crippen MR) is 132 cm³/mol. The van der Waals surface area contributed by atoms with Crippen molar-refractivity contribution in [2.75, 3.05) is 0 Å². The Morgan fingerprint density at radius 3 is 2.31 bits per heavy atom. The van der Waals surface area contributed by atoms with Crippen molar-refractivity contribution in [1.29, 1.82) is 0 Å². The molecule has 162 valence electrons. The van der Waals surface area contributed by atoms with Gasteiger partial charge >= 0.3 is 0 Å². The molecule has 0 spiro atoms. The standard InChI is InChI=1S/C30H34N2/c1-4-5-6-7-13-19-32-22-27-29(25-16-11-12-17-28(25)32)24-18-20-31(21-26(24)30(27,2)3)23-14-9-8-10-15-23/h8-12,14-18,20-22H,4-7,13,19H2,1-3H3/q+2. The van der Waals surface area contributed by atoms with Gasteiger partial charge < -0.3 is 0 Å². The summed E-state index contributed by atoms with van der Waals surface area (Å²) in [6, 6.07) is 21.9. The molecule has 32 heavy (non-hydrogen) atoms. The Morgan fingerprint density at radius 2 is 1.50 bits per heavy atom. The first-order valence-corrected chi connectivity index (χ1v) is 12.2. The number of benzene rings is 2. The lowest BCUT2D eigenvalue weighted by molar-refractivity contribution is -0.672. The van der Waals surface area contributed by atoms with Crippen molar-refractivity contribution < 1.29 is 9.13 Å². The van der Waals surface area contributed by atoms with Gasteiger partial charge in [0.1, 0.15) is 6.54 Å². The smallest absolute Gasteiger partial charge is 0.198 e. The third-order valence-corrected chi connectivity index (χ3v) is 7.17. The molecule has 2 aromatic carbocycles. The fraction of sp³-hybridized carbons (Fsp3) is 0.333. The second-order valence-corrected chi connectivity index (χ2v) is 9.68. The van der Waals surface area contributed by atoms with Gasteiger partial charge in [-0.25, -0.2) is 0 Å². The Labute approximate surface area is 192 Å². The lowest BCUT2D eigenvalue weighted by Gasteiger charge is -2.19. The summed E-state index contributed by atoms with van der Waals surface area (Å²) < 4.78 is 4.77. The van der Waals surface area contributed by atoms with Crippen LogP contribution in [0.5, 0.6) is 0 Å². The molecule has 0 aliphatic heterocycles. The Hall–Kier alpha value is -3.00. The fourth-order valence-electron chi connectivity index (χ4n) is 5.32. The number of hydrogen-bond donors (Lipinski definition) is 0. The van der Waals surface area contributed by atoms with Crippen molar-refractivity contribution in [3.63, 3.8) is 0 Å². The molecule has 0 saturated carbocycles. The molecule has 2 heterocycles. The number of pyridine rings is 2. The van der Waals surface area contributed by atoms with E-state index in [9.17, 15) is 0 Å². The minimum Gasteiger partial charge on any atom is -0.198 e. The molecule has 4 aromatic rings. The average Bonchev–Trinajstić information content (AvgIpc) is 3.06. The molecule has 0 radical (unpaired) electrons. The van der Waals surface area contributed by atoms with Gasteiger partial charge in [-0.1, -0.05) is 70.4 Å². The van der Waals surface area contributed by atoms with Crippen LogP contribution in [-0.2, 0) is 12.0 Å². The van der Waals surface area contributed by atoms with Crippen LogP contribution in [0, 0.1) is 0 Å². The molecule has 0 fully saturated rings. The van der Waals surface area contributed by atoms with Crippen LogP contribution in [0.1, 0.15) is 64.0 Å². The van der Waals surface area contributed by atoms with Crippen LogP contribution in [0.2, 0.25) is 0 Å². The van der Waals surface area contributed by atoms with Crippen LogP contribution in [0.15, 0.2) is 79.3 Å². The Morgan fingerprint density at radius 1 is 0.750 bits per heavy atom. The summed E-state index contributed by atoms with van der Waals surface area (Å²) >= 11 is 0. The molecule has 0 N–H and O–H groups in total. The molecule has 2 aromatic heterocycles. The largest absolute Gasteiger partial charge is 0.213 e. The number of para-hydroxylation sites is 2. The third kappa shape index (κ3) is 3.52. The van der Waals surface area contributed by atoms with Crippen molar-refractivity contribution in [3.05, 3.63) is 90.4 Å². The van der Waals surface area contributed by atoms with Crippen molar-refractivity contribution in [1.82, 2.24) is 0 Å². The molecule has 5 rings (SSSR count). The van der Waals surface area contributed by atoms with Gasteiger partial charge in [-0.05, 0) is 18.1 Å². The maximum atomic E-state index is 2.51. The first kappa shape index (κ1) is 20.9. The van der Waals surface area contributed by atoms with Gasteiger partial charge in [0.05, 0.1) is 5.39 Å². The summed E-state index contributed by atoms with van der Waals surface area (Å²) in [7, 11) is 0. The average molecular weight is 423 g/mol. The molecule has 2 heteroatoms. The highest BCUT2D eigenvalue weighted by atomic mass is 15.0. The summed E-state index contributed by atoms with van der Waals surface area (Å²) in [5.41, 5.74) is 8.18. The lowest BCUT2D eigenvalue weighted by atomic mass is 9.83. The zero-order valence-corrected chi connectivity index (χ0v) is 19.6. The van der Waals surface area contributed by atoms with Gasteiger partial charge in [-0.2, -0.15) is 9.13 Å². The van der Waals surface area contributed by atoms with E-state index in [0.717, 1.165) is 6.54 Å². The minimum atomic E-state index is -0.0313. The number of unbranched alkanes of at least 4 members (excludes halogenated alkanes) is 4. The molecule has 0 amide bonds. The zero-order chi connectivity index (χ0) is 22.1. The predicted octanol–water partition coefficient (Wildman–Crippen LogP) is 6.68. The molecule has 2 nitrogen and oxygen atoms in total. The summed E-state index contributed by atoms with van der Waals surface area (Å²) in [5.74, 6) is 0. The summed E-state index contributed by atoms with van der Waals surface area (Å²) in [5, 5.41) is 1.38. The van der Waals surface area contributed by atoms with E-state index < -0.39 is 0 Å². The summed E-state index contributed by atoms with van der Waals surface area (Å²) in [6.45, 7) is 8.14. The topological polar surface area (TPSA) is 7.76 Å². The van der Waals surface area contributed by atoms with Crippen molar-refractivity contribution >= 4 is 10.9 Å². The molecule has 1 aliphatic rings. The van der Waals surface area contributed by atoms with E-state index in [2.05, 4.69) is 109 Å². The Kier molecular flexibility index (Phi) is 5.55. The second kappa shape index (κ2) is 8.50. The van der Waals surface area contributed by atoms with Gasteiger partial charge in [0.25, 0.3) is 0 Å². The maximum absolute atomic E-state index is 2.51. The van der Waals surface area contributed by atoms with Crippen LogP contribution < -0.4 is 9.13 Å². The number of aryl methyl sites for hydroxylation is 1. The van der Waals surface area contributed by atoms with E-state index in [1.165, 1.54) is 70.9 Å².